The zero-order valence-corrected chi connectivity index (χ0v) is 9.99. The maximum atomic E-state index is 13.6. The second-order valence-electron chi connectivity index (χ2n) is 3.79. The third kappa shape index (κ3) is 2.25. The van der Waals surface area contributed by atoms with Crippen molar-refractivity contribution < 1.29 is 9.13 Å². The van der Waals surface area contributed by atoms with Crippen LogP contribution in [0.25, 0.3) is 11.3 Å². The summed E-state index contributed by atoms with van der Waals surface area (Å²) in [6.45, 7) is 3.71. The van der Waals surface area contributed by atoms with Crippen molar-refractivity contribution in [2.24, 2.45) is 0 Å². The summed E-state index contributed by atoms with van der Waals surface area (Å²) in [4.78, 5) is 8.58. The minimum Gasteiger partial charge on any atom is -0.494 e. The highest BCUT2D eigenvalue weighted by Gasteiger charge is 2.09. The summed E-state index contributed by atoms with van der Waals surface area (Å²) in [5.41, 5.74) is 2.99. The second-order valence-corrected chi connectivity index (χ2v) is 3.79. The van der Waals surface area contributed by atoms with E-state index in [1.807, 2.05) is 13.8 Å². The number of aryl methyl sites for hydroxylation is 2. The van der Waals surface area contributed by atoms with E-state index in [4.69, 9.17) is 4.74 Å². The molecule has 0 unspecified atom stereocenters. The van der Waals surface area contributed by atoms with Gasteiger partial charge in [-0.15, -0.1) is 0 Å². The average molecular weight is 232 g/mol. The van der Waals surface area contributed by atoms with Crippen LogP contribution in [0.5, 0.6) is 5.75 Å². The van der Waals surface area contributed by atoms with Crippen LogP contribution in [0, 0.1) is 19.7 Å². The van der Waals surface area contributed by atoms with E-state index in [9.17, 15) is 4.39 Å². The van der Waals surface area contributed by atoms with Crippen molar-refractivity contribution in [3.63, 3.8) is 0 Å². The van der Waals surface area contributed by atoms with E-state index in [0.29, 0.717) is 11.3 Å². The standard InChI is InChI=1S/C13H13FN2O/c1-8-7-15-9(2)13(16-8)10-4-5-12(17-3)11(14)6-10/h4-7H,1-3H3. The number of halogens is 1. The van der Waals surface area contributed by atoms with E-state index in [2.05, 4.69) is 9.97 Å². The Morgan fingerprint density at radius 3 is 2.65 bits per heavy atom. The predicted octanol–water partition coefficient (Wildman–Crippen LogP) is 2.91. The van der Waals surface area contributed by atoms with E-state index >= 15 is 0 Å². The SMILES string of the molecule is COc1ccc(-c2nc(C)cnc2C)cc1F. The van der Waals surface area contributed by atoms with Crippen LogP contribution in [0.15, 0.2) is 24.4 Å². The van der Waals surface area contributed by atoms with Gasteiger partial charge in [-0.05, 0) is 32.0 Å². The van der Waals surface area contributed by atoms with Gasteiger partial charge in [0.05, 0.1) is 24.2 Å². The number of nitrogens with zero attached hydrogens (tertiary/aromatic N) is 2. The molecule has 0 radical (unpaired) electrons. The lowest BCUT2D eigenvalue weighted by molar-refractivity contribution is 0.386. The zero-order chi connectivity index (χ0) is 12.4. The van der Waals surface area contributed by atoms with Gasteiger partial charge in [0.25, 0.3) is 0 Å². The van der Waals surface area contributed by atoms with Gasteiger partial charge in [-0.1, -0.05) is 0 Å². The lowest BCUT2D eigenvalue weighted by Gasteiger charge is -2.07. The Labute approximate surface area is 99.3 Å². The molecule has 0 bridgehead atoms. The first-order valence-corrected chi connectivity index (χ1v) is 5.26. The first-order chi connectivity index (χ1) is 8.11. The summed E-state index contributed by atoms with van der Waals surface area (Å²) in [6, 6.07) is 4.78. The molecule has 1 aromatic carbocycles. The molecule has 1 heterocycles. The van der Waals surface area contributed by atoms with Crippen LogP contribution >= 0.6 is 0 Å². The molecule has 17 heavy (non-hydrogen) atoms. The Balaban J connectivity index is 2.53. The van der Waals surface area contributed by atoms with Crippen molar-refractivity contribution in [1.29, 1.82) is 0 Å². The monoisotopic (exact) mass is 232 g/mol. The molecule has 0 N–H and O–H groups in total. The third-order valence-corrected chi connectivity index (χ3v) is 2.50. The van der Waals surface area contributed by atoms with Gasteiger partial charge in [-0.3, -0.25) is 4.98 Å². The molecule has 4 heteroatoms. The van der Waals surface area contributed by atoms with Gasteiger partial charge in [-0.25, -0.2) is 9.37 Å². The number of methoxy groups -OCH3 is 1. The van der Waals surface area contributed by atoms with Gasteiger partial charge in [0.15, 0.2) is 11.6 Å². The van der Waals surface area contributed by atoms with E-state index in [1.165, 1.54) is 13.2 Å². The molecule has 88 valence electrons. The van der Waals surface area contributed by atoms with E-state index < -0.39 is 5.82 Å². The largest absolute Gasteiger partial charge is 0.494 e. The van der Waals surface area contributed by atoms with Crippen molar-refractivity contribution >= 4 is 0 Å². The van der Waals surface area contributed by atoms with Crippen LogP contribution in [0.4, 0.5) is 4.39 Å². The maximum absolute atomic E-state index is 13.6. The molecule has 0 aliphatic heterocycles. The molecular weight excluding hydrogens is 219 g/mol. The number of hydrogen-bond acceptors (Lipinski definition) is 3. The molecule has 0 saturated carbocycles. The smallest absolute Gasteiger partial charge is 0.165 e. The van der Waals surface area contributed by atoms with E-state index in [0.717, 1.165) is 11.4 Å². The van der Waals surface area contributed by atoms with Crippen molar-refractivity contribution in [2.75, 3.05) is 7.11 Å². The molecular formula is C13H13FN2O. The van der Waals surface area contributed by atoms with Crippen molar-refractivity contribution in [1.82, 2.24) is 9.97 Å². The molecule has 0 amide bonds. The minimum atomic E-state index is -0.396. The quantitative estimate of drug-likeness (QED) is 0.798. The third-order valence-electron chi connectivity index (χ3n) is 2.50. The molecule has 0 atom stereocenters. The first kappa shape index (κ1) is 11.5. The average Bonchev–Trinajstić information content (AvgIpc) is 2.32. The Bertz CT molecular complexity index is 555. The van der Waals surface area contributed by atoms with Crippen molar-refractivity contribution in [3.8, 4) is 17.0 Å². The molecule has 0 aliphatic rings. The van der Waals surface area contributed by atoms with Crippen LogP contribution in [0.2, 0.25) is 0 Å². The fourth-order valence-corrected chi connectivity index (χ4v) is 1.62. The van der Waals surface area contributed by atoms with Gasteiger partial charge in [-0.2, -0.15) is 0 Å². The molecule has 2 rings (SSSR count). The summed E-state index contributed by atoms with van der Waals surface area (Å²) < 4.78 is 18.5. The highest BCUT2D eigenvalue weighted by atomic mass is 19.1. The lowest BCUT2D eigenvalue weighted by atomic mass is 10.1. The van der Waals surface area contributed by atoms with E-state index in [-0.39, 0.29) is 5.75 Å². The topological polar surface area (TPSA) is 35.0 Å². The molecule has 3 nitrogen and oxygen atoms in total. The van der Waals surface area contributed by atoms with Gasteiger partial charge < -0.3 is 4.74 Å². The fourth-order valence-electron chi connectivity index (χ4n) is 1.62. The Hall–Kier alpha value is -1.97. The maximum Gasteiger partial charge on any atom is 0.165 e. The first-order valence-electron chi connectivity index (χ1n) is 5.26. The lowest BCUT2D eigenvalue weighted by Crippen LogP contribution is -1.96. The molecule has 2 aromatic rings. The minimum absolute atomic E-state index is 0.229. The Morgan fingerprint density at radius 2 is 2.00 bits per heavy atom. The van der Waals surface area contributed by atoms with Crippen LogP contribution in [-0.4, -0.2) is 17.1 Å². The molecule has 0 spiro atoms. The number of rotatable bonds is 2. The Morgan fingerprint density at radius 1 is 1.24 bits per heavy atom. The normalized spacial score (nSPS) is 10.4. The van der Waals surface area contributed by atoms with Crippen LogP contribution in [0.3, 0.4) is 0 Å². The fraction of sp³-hybridized carbons (Fsp3) is 0.231. The number of ether oxygens (including phenoxy) is 1. The highest BCUT2D eigenvalue weighted by molar-refractivity contribution is 5.62. The molecule has 0 fully saturated rings. The Kier molecular flexibility index (Phi) is 3.04. The summed E-state index contributed by atoms with van der Waals surface area (Å²) >= 11 is 0. The van der Waals surface area contributed by atoms with Crippen LogP contribution in [0.1, 0.15) is 11.4 Å². The van der Waals surface area contributed by atoms with Crippen molar-refractivity contribution in [3.05, 3.63) is 41.6 Å². The summed E-state index contributed by atoms with van der Waals surface area (Å²) in [6.07, 6.45) is 1.69. The van der Waals surface area contributed by atoms with Gasteiger partial charge in [0.2, 0.25) is 0 Å². The summed E-state index contributed by atoms with van der Waals surface area (Å²) in [5.74, 6) is -0.167. The summed E-state index contributed by atoms with van der Waals surface area (Å²) in [5, 5.41) is 0. The van der Waals surface area contributed by atoms with Gasteiger partial charge in [0.1, 0.15) is 0 Å². The van der Waals surface area contributed by atoms with Gasteiger partial charge >= 0.3 is 0 Å². The molecule has 1 aromatic heterocycles. The summed E-state index contributed by atoms with van der Waals surface area (Å²) in [7, 11) is 1.44. The van der Waals surface area contributed by atoms with Gasteiger partial charge in [0, 0.05) is 11.8 Å². The predicted molar refractivity (Wildman–Crippen MR) is 63.5 cm³/mol. The molecule has 0 saturated heterocycles. The molecule has 0 aliphatic carbocycles. The van der Waals surface area contributed by atoms with Crippen LogP contribution < -0.4 is 4.74 Å². The number of benzene rings is 1. The number of hydrogen-bond donors (Lipinski definition) is 0. The van der Waals surface area contributed by atoms with E-state index in [1.54, 1.807) is 18.3 Å². The highest BCUT2D eigenvalue weighted by Crippen LogP contribution is 2.25. The van der Waals surface area contributed by atoms with Crippen LogP contribution in [-0.2, 0) is 0 Å². The second kappa shape index (κ2) is 4.49. The number of aromatic nitrogens is 2. The van der Waals surface area contributed by atoms with Crippen molar-refractivity contribution in [2.45, 2.75) is 13.8 Å². The zero-order valence-electron chi connectivity index (χ0n) is 9.99.